The first kappa shape index (κ1) is 17.4. The molecule has 2 aromatic rings. The van der Waals surface area contributed by atoms with Gasteiger partial charge in [0.25, 0.3) is 0 Å². The summed E-state index contributed by atoms with van der Waals surface area (Å²) in [5, 5.41) is 0. The van der Waals surface area contributed by atoms with Gasteiger partial charge in [-0.2, -0.15) is 0 Å². The first-order valence-electron chi connectivity index (χ1n) is 7.67. The van der Waals surface area contributed by atoms with E-state index in [0.29, 0.717) is 5.75 Å². The Morgan fingerprint density at radius 3 is 2.57 bits per heavy atom. The molecule has 0 unspecified atom stereocenters. The van der Waals surface area contributed by atoms with Gasteiger partial charge in [-0.3, -0.25) is 4.79 Å². The number of anilines is 1. The molecule has 0 aliphatic rings. The summed E-state index contributed by atoms with van der Waals surface area (Å²) < 4.78 is 5.22. The maximum absolute atomic E-state index is 12.7. The minimum Gasteiger partial charge on any atom is -0.497 e. The molecule has 3 nitrogen and oxygen atoms in total. The summed E-state index contributed by atoms with van der Waals surface area (Å²) >= 11 is 1.53. The van der Waals surface area contributed by atoms with Crippen molar-refractivity contribution in [3.63, 3.8) is 0 Å². The lowest BCUT2D eigenvalue weighted by Crippen LogP contribution is -2.38. The van der Waals surface area contributed by atoms with Gasteiger partial charge in [-0.25, -0.2) is 0 Å². The minimum absolute atomic E-state index is 0.113. The van der Waals surface area contributed by atoms with Crippen molar-refractivity contribution in [2.24, 2.45) is 0 Å². The molecular weight excluding hydrogens is 306 g/mol. The van der Waals surface area contributed by atoms with Crippen LogP contribution in [0.5, 0.6) is 5.75 Å². The maximum Gasteiger partial charge on any atom is 0.237 e. The molecule has 0 aromatic heterocycles. The summed E-state index contributed by atoms with van der Waals surface area (Å²) in [6.45, 7) is 6.12. The van der Waals surface area contributed by atoms with Crippen LogP contribution in [0.3, 0.4) is 0 Å². The van der Waals surface area contributed by atoms with Crippen LogP contribution in [0.2, 0.25) is 0 Å². The zero-order chi connectivity index (χ0) is 16.8. The molecule has 0 aliphatic heterocycles. The van der Waals surface area contributed by atoms with Crippen molar-refractivity contribution in [2.45, 2.75) is 31.7 Å². The van der Waals surface area contributed by atoms with E-state index >= 15 is 0 Å². The molecule has 0 saturated carbocycles. The van der Waals surface area contributed by atoms with E-state index < -0.39 is 0 Å². The molecule has 0 radical (unpaired) electrons. The molecule has 1 amide bonds. The van der Waals surface area contributed by atoms with Crippen LogP contribution < -0.4 is 9.64 Å². The summed E-state index contributed by atoms with van der Waals surface area (Å²) in [4.78, 5) is 15.6. The van der Waals surface area contributed by atoms with Crippen molar-refractivity contribution in [2.75, 3.05) is 17.8 Å². The third-order valence-corrected chi connectivity index (χ3v) is 4.54. The zero-order valence-corrected chi connectivity index (χ0v) is 14.9. The number of thioether (sulfide) groups is 1. The number of benzene rings is 2. The number of hydrogen-bond donors (Lipinski definition) is 0. The molecule has 0 spiro atoms. The number of methoxy groups -OCH3 is 1. The highest BCUT2D eigenvalue weighted by atomic mass is 32.2. The Hall–Kier alpha value is -1.94. The van der Waals surface area contributed by atoms with Gasteiger partial charge in [0.05, 0.1) is 12.9 Å². The van der Waals surface area contributed by atoms with Gasteiger partial charge >= 0.3 is 0 Å². The molecule has 23 heavy (non-hydrogen) atoms. The number of carbonyl (C=O) groups excluding carboxylic acids is 1. The van der Waals surface area contributed by atoms with Crippen LogP contribution in [0.4, 0.5) is 5.69 Å². The molecule has 2 rings (SSSR count). The maximum atomic E-state index is 12.7. The SMILES string of the molecule is COc1cccc(SCC(=O)N(c2ccccc2C)C(C)C)c1. The van der Waals surface area contributed by atoms with E-state index in [4.69, 9.17) is 4.74 Å². The third kappa shape index (κ3) is 4.52. The van der Waals surface area contributed by atoms with Crippen molar-refractivity contribution in [1.82, 2.24) is 0 Å². The van der Waals surface area contributed by atoms with Crippen LogP contribution in [0.1, 0.15) is 19.4 Å². The number of nitrogens with zero attached hydrogens (tertiary/aromatic N) is 1. The topological polar surface area (TPSA) is 29.5 Å². The van der Waals surface area contributed by atoms with Gasteiger partial charge in [0.1, 0.15) is 5.75 Å². The Balaban J connectivity index is 2.11. The van der Waals surface area contributed by atoms with Crippen molar-refractivity contribution < 1.29 is 9.53 Å². The van der Waals surface area contributed by atoms with E-state index in [1.165, 1.54) is 11.8 Å². The highest BCUT2D eigenvalue weighted by molar-refractivity contribution is 8.00. The second-order valence-corrected chi connectivity index (χ2v) is 6.66. The van der Waals surface area contributed by atoms with Crippen LogP contribution in [0.15, 0.2) is 53.4 Å². The van der Waals surface area contributed by atoms with Crippen LogP contribution in [0, 0.1) is 6.92 Å². The summed E-state index contributed by atoms with van der Waals surface area (Å²) in [5.74, 6) is 1.32. The zero-order valence-electron chi connectivity index (χ0n) is 14.1. The average Bonchev–Trinajstić information content (AvgIpc) is 2.55. The molecule has 0 N–H and O–H groups in total. The van der Waals surface area contributed by atoms with Gasteiger partial charge in [-0.15, -0.1) is 11.8 Å². The third-order valence-electron chi connectivity index (χ3n) is 3.56. The first-order chi connectivity index (χ1) is 11.0. The normalized spacial score (nSPS) is 10.7. The number of rotatable bonds is 6. The van der Waals surface area contributed by atoms with Gasteiger partial charge in [0, 0.05) is 16.6 Å². The van der Waals surface area contributed by atoms with Crippen LogP contribution in [-0.2, 0) is 4.79 Å². The van der Waals surface area contributed by atoms with E-state index in [-0.39, 0.29) is 11.9 Å². The fourth-order valence-electron chi connectivity index (χ4n) is 2.44. The van der Waals surface area contributed by atoms with E-state index in [0.717, 1.165) is 21.9 Å². The van der Waals surface area contributed by atoms with Crippen molar-refractivity contribution in [3.05, 3.63) is 54.1 Å². The molecule has 0 fully saturated rings. The van der Waals surface area contributed by atoms with Crippen molar-refractivity contribution in [1.29, 1.82) is 0 Å². The summed E-state index contributed by atoms with van der Waals surface area (Å²) in [7, 11) is 1.65. The second kappa shape index (κ2) is 8.06. The van der Waals surface area contributed by atoms with Gasteiger partial charge in [0.2, 0.25) is 5.91 Å². The Morgan fingerprint density at radius 1 is 1.17 bits per heavy atom. The lowest BCUT2D eigenvalue weighted by molar-refractivity contribution is -0.116. The molecule has 0 aliphatic carbocycles. The molecule has 0 bridgehead atoms. The van der Waals surface area contributed by atoms with Crippen molar-refractivity contribution >= 4 is 23.4 Å². The van der Waals surface area contributed by atoms with Crippen LogP contribution >= 0.6 is 11.8 Å². The van der Waals surface area contributed by atoms with Gasteiger partial charge < -0.3 is 9.64 Å². The number of carbonyl (C=O) groups is 1. The second-order valence-electron chi connectivity index (χ2n) is 5.61. The van der Waals surface area contributed by atoms with Gasteiger partial charge in [0.15, 0.2) is 0 Å². The largest absolute Gasteiger partial charge is 0.497 e. The summed E-state index contributed by atoms with van der Waals surface area (Å²) in [5.41, 5.74) is 2.10. The highest BCUT2D eigenvalue weighted by Gasteiger charge is 2.20. The Kier molecular flexibility index (Phi) is 6.11. The Morgan fingerprint density at radius 2 is 1.91 bits per heavy atom. The monoisotopic (exact) mass is 329 g/mol. The van der Waals surface area contributed by atoms with Gasteiger partial charge in [-0.1, -0.05) is 24.3 Å². The number of aryl methyl sites for hydroxylation is 1. The lowest BCUT2D eigenvalue weighted by Gasteiger charge is -2.28. The van der Waals surface area contributed by atoms with E-state index in [2.05, 4.69) is 0 Å². The van der Waals surface area contributed by atoms with Crippen LogP contribution in [-0.4, -0.2) is 24.8 Å². The molecule has 0 atom stereocenters. The molecule has 122 valence electrons. The number of para-hydroxylation sites is 1. The fraction of sp³-hybridized carbons (Fsp3) is 0.316. The molecule has 0 heterocycles. The lowest BCUT2D eigenvalue weighted by atomic mass is 10.1. The molecular formula is C19H23NO2S. The summed E-state index contributed by atoms with van der Waals surface area (Å²) in [6, 6.07) is 15.9. The Bertz CT molecular complexity index is 670. The molecule has 0 saturated heterocycles. The number of ether oxygens (including phenoxy) is 1. The average molecular weight is 329 g/mol. The highest BCUT2D eigenvalue weighted by Crippen LogP contribution is 2.26. The fourth-order valence-corrected chi connectivity index (χ4v) is 3.24. The quantitative estimate of drug-likeness (QED) is 0.729. The smallest absolute Gasteiger partial charge is 0.237 e. The predicted octanol–water partition coefficient (Wildman–Crippen LogP) is 4.54. The van der Waals surface area contributed by atoms with E-state index in [1.54, 1.807) is 7.11 Å². The van der Waals surface area contributed by atoms with Gasteiger partial charge in [-0.05, 0) is 50.6 Å². The Labute approximate surface area is 142 Å². The molecule has 4 heteroatoms. The predicted molar refractivity (Wildman–Crippen MR) is 97.5 cm³/mol. The molecule has 2 aromatic carbocycles. The first-order valence-corrected chi connectivity index (χ1v) is 8.66. The summed E-state index contributed by atoms with van der Waals surface area (Å²) in [6.07, 6.45) is 0. The van der Waals surface area contributed by atoms with Crippen LogP contribution in [0.25, 0.3) is 0 Å². The van der Waals surface area contributed by atoms with E-state index in [9.17, 15) is 4.79 Å². The number of amides is 1. The number of hydrogen-bond acceptors (Lipinski definition) is 3. The van der Waals surface area contributed by atoms with E-state index in [1.807, 2.05) is 74.2 Å². The van der Waals surface area contributed by atoms with Crippen molar-refractivity contribution in [3.8, 4) is 5.75 Å². The standard InChI is InChI=1S/C19H23NO2S/c1-14(2)20(18-11-6-5-8-15(18)3)19(21)13-23-17-10-7-9-16(12-17)22-4/h5-12,14H,13H2,1-4H3. The minimum atomic E-state index is 0.113.